The number of hydrogen-bond acceptors (Lipinski definition) is 6. The second-order valence-electron chi connectivity index (χ2n) is 8.38. The Kier molecular flexibility index (Phi) is 6.23. The quantitative estimate of drug-likeness (QED) is 0.404. The van der Waals surface area contributed by atoms with Gasteiger partial charge in [-0.25, -0.2) is 4.79 Å². The molecule has 3 aliphatic rings. The average molecular weight is 391 g/mol. The van der Waals surface area contributed by atoms with Gasteiger partial charge in [0.25, 0.3) is 0 Å². The number of nitrogens with one attached hydrogen (secondary N) is 1. The van der Waals surface area contributed by atoms with E-state index in [2.05, 4.69) is 5.32 Å². The van der Waals surface area contributed by atoms with E-state index < -0.39 is 35.4 Å². The number of fused-ring (bicyclic) bond motifs is 1. The van der Waals surface area contributed by atoms with Crippen LogP contribution >= 0.6 is 0 Å². The first-order chi connectivity index (χ1) is 13.3. The monoisotopic (exact) mass is 391 g/mol. The minimum absolute atomic E-state index is 0.0316. The Morgan fingerprint density at radius 2 is 1.86 bits per heavy atom. The topological polar surface area (TPSA) is 124 Å². The van der Waals surface area contributed by atoms with Crippen LogP contribution in [0.4, 0.5) is 0 Å². The third kappa shape index (κ3) is 4.14. The maximum absolute atomic E-state index is 12.6. The molecule has 7 heteroatoms. The van der Waals surface area contributed by atoms with E-state index in [0.717, 1.165) is 25.3 Å². The number of carbonyl (C=O) groups is 3. The summed E-state index contributed by atoms with van der Waals surface area (Å²) in [7, 11) is 0. The number of hydrogen-bond donors (Lipinski definition) is 4. The van der Waals surface area contributed by atoms with Gasteiger partial charge in [-0.05, 0) is 43.9 Å². The van der Waals surface area contributed by atoms with Crippen molar-refractivity contribution in [2.24, 2.45) is 17.8 Å². The summed E-state index contributed by atoms with van der Waals surface area (Å²) in [5, 5.41) is 32.0. The molecule has 3 unspecified atom stereocenters. The molecule has 0 aromatic carbocycles. The maximum atomic E-state index is 12.6. The number of ketones is 2. The molecule has 2 saturated carbocycles. The van der Waals surface area contributed by atoms with Crippen LogP contribution in [0.25, 0.3) is 0 Å². The van der Waals surface area contributed by atoms with Crippen LogP contribution in [0.3, 0.4) is 0 Å². The van der Waals surface area contributed by atoms with Gasteiger partial charge in [-0.1, -0.05) is 32.1 Å². The zero-order valence-corrected chi connectivity index (χ0v) is 16.2. The molecule has 0 bridgehead atoms. The Hall–Kier alpha value is -2.15. The van der Waals surface area contributed by atoms with Crippen molar-refractivity contribution in [1.82, 2.24) is 5.32 Å². The minimum Gasteiger partial charge on any atom is -0.506 e. The van der Waals surface area contributed by atoms with Gasteiger partial charge in [-0.2, -0.15) is 0 Å². The highest BCUT2D eigenvalue weighted by molar-refractivity contribution is 6.48. The van der Waals surface area contributed by atoms with Crippen molar-refractivity contribution in [2.75, 3.05) is 0 Å². The van der Waals surface area contributed by atoms with E-state index in [-0.39, 0.29) is 17.2 Å². The zero-order valence-electron chi connectivity index (χ0n) is 16.2. The van der Waals surface area contributed by atoms with Gasteiger partial charge >= 0.3 is 5.97 Å². The molecular weight excluding hydrogens is 362 g/mol. The predicted octanol–water partition coefficient (Wildman–Crippen LogP) is 2.25. The SMILES string of the molecule is C[C@H](O)[C@@H](NC1=C(CC2CCCC3CCCCC32)C(=O)C(=O)C=C1O)C(=O)O. The van der Waals surface area contributed by atoms with E-state index in [4.69, 9.17) is 0 Å². The summed E-state index contributed by atoms with van der Waals surface area (Å²) in [6.45, 7) is 1.32. The van der Waals surface area contributed by atoms with Gasteiger partial charge in [0.05, 0.1) is 11.8 Å². The second kappa shape index (κ2) is 8.47. The molecule has 0 amide bonds. The van der Waals surface area contributed by atoms with Crippen molar-refractivity contribution in [1.29, 1.82) is 0 Å². The third-order valence-electron chi connectivity index (χ3n) is 6.56. The minimum atomic E-state index is -1.39. The number of carboxylic acids is 1. The Balaban J connectivity index is 1.91. The summed E-state index contributed by atoms with van der Waals surface area (Å²) in [5.74, 6) is -1.85. The van der Waals surface area contributed by atoms with Crippen molar-refractivity contribution in [3.8, 4) is 0 Å². The van der Waals surface area contributed by atoms with Gasteiger partial charge in [0.2, 0.25) is 11.6 Å². The normalized spacial score (nSPS) is 30.4. The number of rotatable bonds is 6. The smallest absolute Gasteiger partial charge is 0.328 e. The Morgan fingerprint density at radius 3 is 2.54 bits per heavy atom. The summed E-state index contributed by atoms with van der Waals surface area (Å²) >= 11 is 0. The number of aliphatic carboxylic acids is 1. The number of allylic oxidation sites excluding steroid dienone is 2. The van der Waals surface area contributed by atoms with Gasteiger partial charge in [-0.3, -0.25) is 9.59 Å². The van der Waals surface area contributed by atoms with Crippen LogP contribution < -0.4 is 5.32 Å². The molecule has 154 valence electrons. The van der Waals surface area contributed by atoms with Crippen molar-refractivity contribution >= 4 is 17.5 Å². The zero-order chi connectivity index (χ0) is 20.4. The van der Waals surface area contributed by atoms with E-state index in [1.807, 2.05) is 0 Å². The Morgan fingerprint density at radius 1 is 1.18 bits per heavy atom. The third-order valence-corrected chi connectivity index (χ3v) is 6.56. The lowest BCUT2D eigenvalue weighted by Gasteiger charge is -2.42. The summed E-state index contributed by atoms with van der Waals surface area (Å²) in [6.07, 6.45) is 7.88. The summed E-state index contributed by atoms with van der Waals surface area (Å²) in [6, 6.07) is -1.39. The molecule has 3 aliphatic carbocycles. The van der Waals surface area contributed by atoms with Crippen molar-refractivity contribution < 1.29 is 29.7 Å². The molecule has 0 aliphatic heterocycles. The molecule has 0 spiro atoms. The Labute approximate surface area is 164 Å². The highest BCUT2D eigenvalue weighted by Gasteiger charge is 2.39. The molecule has 0 radical (unpaired) electrons. The summed E-state index contributed by atoms with van der Waals surface area (Å²) in [5.41, 5.74) is 0.115. The van der Waals surface area contributed by atoms with Gasteiger partial charge in [-0.15, -0.1) is 0 Å². The van der Waals surface area contributed by atoms with E-state index in [0.29, 0.717) is 18.3 Å². The lowest BCUT2D eigenvalue weighted by atomic mass is 9.63. The second-order valence-corrected chi connectivity index (χ2v) is 8.38. The Bertz CT molecular complexity index is 720. The molecule has 5 atom stereocenters. The van der Waals surface area contributed by atoms with Crippen LogP contribution in [0.2, 0.25) is 0 Å². The standard InChI is InChI=1S/C21H29NO6/c1-11(23)18(21(27)28)22-19-15(20(26)17(25)10-16(19)24)9-13-7-4-6-12-5-2-3-8-14(12)13/h10-14,18,22-24H,2-9H2,1H3,(H,27,28)/t11-,12?,13?,14?,18+/m0/s1. The lowest BCUT2D eigenvalue weighted by Crippen LogP contribution is -2.46. The molecular formula is C21H29NO6. The average Bonchev–Trinajstić information content (AvgIpc) is 2.65. The van der Waals surface area contributed by atoms with Gasteiger partial charge < -0.3 is 20.6 Å². The van der Waals surface area contributed by atoms with Gasteiger partial charge in [0.1, 0.15) is 5.76 Å². The fourth-order valence-electron chi connectivity index (χ4n) is 5.17. The largest absolute Gasteiger partial charge is 0.506 e. The van der Waals surface area contributed by atoms with Crippen LogP contribution in [0.5, 0.6) is 0 Å². The van der Waals surface area contributed by atoms with Crippen LogP contribution in [-0.4, -0.2) is 45.0 Å². The molecule has 2 fully saturated rings. The van der Waals surface area contributed by atoms with Crippen LogP contribution in [0.15, 0.2) is 23.1 Å². The molecule has 7 nitrogen and oxygen atoms in total. The number of carbonyl (C=O) groups excluding carboxylic acids is 2. The number of Topliss-reactive ketones (excluding diaryl/α,β-unsaturated/α-hetero) is 1. The van der Waals surface area contributed by atoms with Crippen LogP contribution in [0, 0.1) is 17.8 Å². The van der Waals surface area contributed by atoms with Crippen molar-refractivity contribution in [3.63, 3.8) is 0 Å². The fourth-order valence-corrected chi connectivity index (χ4v) is 5.17. The number of carboxylic acid groups (broad SMARTS) is 1. The van der Waals surface area contributed by atoms with Crippen LogP contribution in [-0.2, 0) is 14.4 Å². The molecule has 4 N–H and O–H groups in total. The van der Waals surface area contributed by atoms with Crippen molar-refractivity contribution in [2.45, 2.75) is 70.4 Å². The van der Waals surface area contributed by atoms with E-state index in [1.54, 1.807) is 0 Å². The first-order valence-corrected chi connectivity index (χ1v) is 10.2. The molecule has 0 heterocycles. The number of aliphatic hydroxyl groups excluding tert-OH is 2. The molecule has 3 rings (SSSR count). The fraction of sp³-hybridized carbons (Fsp3) is 0.667. The van der Waals surface area contributed by atoms with Crippen molar-refractivity contribution in [3.05, 3.63) is 23.1 Å². The lowest BCUT2D eigenvalue weighted by molar-refractivity contribution is -0.141. The van der Waals surface area contributed by atoms with E-state index >= 15 is 0 Å². The van der Waals surface area contributed by atoms with E-state index in [9.17, 15) is 29.7 Å². The maximum Gasteiger partial charge on any atom is 0.328 e. The van der Waals surface area contributed by atoms with Gasteiger partial charge in [0.15, 0.2) is 6.04 Å². The molecule has 0 aromatic heterocycles. The van der Waals surface area contributed by atoms with Crippen LogP contribution in [0.1, 0.15) is 58.3 Å². The van der Waals surface area contributed by atoms with Gasteiger partial charge in [0, 0.05) is 11.6 Å². The summed E-state index contributed by atoms with van der Waals surface area (Å²) in [4.78, 5) is 36.1. The highest BCUT2D eigenvalue weighted by Crippen LogP contribution is 2.46. The molecule has 0 aromatic rings. The predicted molar refractivity (Wildman–Crippen MR) is 101 cm³/mol. The molecule has 0 saturated heterocycles. The summed E-state index contributed by atoms with van der Waals surface area (Å²) < 4.78 is 0. The molecule has 28 heavy (non-hydrogen) atoms. The highest BCUT2D eigenvalue weighted by atomic mass is 16.4. The first-order valence-electron chi connectivity index (χ1n) is 10.2. The number of aliphatic hydroxyl groups is 2. The first kappa shape index (κ1) is 20.6. The van der Waals surface area contributed by atoms with E-state index in [1.165, 1.54) is 32.6 Å².